The second-order valence-corrected chi connectivity index (χ2v) is 6.59. The van der Waals surface area contributed by atoms with E-state index in [4.69, 9.17) is 9.47 Å². The average molecular weight is 429 g/mol. The van der Waals surface area contributed by atoms with Crippen LogP contribution in [0.4, 0.5) is 35.0 Å². The summed E-state index contributed by atoms with van der Waals surface area (Å²) in [6, 6.07) is 5.35. The van der Waals surface area contributed by atoms with Crippen LogP contribution >= 0.6 is 0 Å². The van der Waals surface area contributed by atoms with E-state index in [-0.39, 0.29) is 18.4 Å². The largest absolute Gasteiger partial charge is 0.489 e. The van der Waals surface area contributed by atoms with Gasteiger partial charge in [0, 0.05) is 32.9 Å². The topological polar surface area (TPSA) is 71.5 Å². The van der Waals surface area contributed by atoms with Crippen LogP contribution in [0.1, 0.15) is 11.1 Å². The lowest BCUT2D eigenvalue weighted by Crippen LogP contribution is -2.35. The summed E-state index contributed by atoms with van der Waals surface area (Å²) in [5.41, 5.74) is 0.418. The third kappa shape index (κ3) is 5.70. The van der Waals surface area contributed by atoms with Gasteiger partial charge in [-0.25, -0.2) is 9.37 Å². The van der Waals surface area contributed by atoms with Gasteiger partial charge in [-0.2, -0.15) is 18.2 Å². The van der Waals surface area contributed by atoms with Crippen LogP contribution in [0, 0.1) is 0 Å². The van der Waals surface area contributed by atoms with Gasteiger partial charge in [0.25, 0.3) is 0 Å². The van der Waals surface area contributed by atoms with Crippen molar-refractivity contribution in [3.63, 3.8) is 0 Å². The van der Waals surface area contributed by atoms with Crippen molar-refractivity contribution >= 4 is 17.5 Å². The summed E-state index contributed by atoms with van der Waals surface area (Å²) in [6.07, 6.45) is -3.87. The summed E-state index contributed by atoms with van der Waals surface area (Å²) < 4.78 is 62.6. The van der Waals surface area contributed by atoms with Gasteiger partial charge >= 0.3 is 6.18 Å². The summed E-state index contributed by atoms with van der Waals surface area (Å²) in [7, 11) is 1.34. The molecule has 0 saturated carbocycles. The highest BCUT2D eigenvalue weighted by Gasteiger charge is 2.35. The van der Waals surface area contributed by atoms with Crippen molar-refractivity contribution in [3.8, 4) is 5.75 Å². The van der Waals surface area contributed by atoms with Crippen LogP contribution in [0.3, 0.4) is 0 Å². The van der Waals surface area contributed by atoms with E-state index in [2.05, 4.69) is 25.5 Å². The van der Waals surface area contributed by atoms with Gasteiger partial charge in [0.05, 0.1) is 18.9 Å². The van der Waals surface area contributed by atoms with Crippen molar-refractivity contribution in [2.45, 2.75) is 12.7 Å². The van der Waals surface area contributed by atoms with Crippen LogP contribution in [0.15, 0.2) is 24.4 Å². The van der Waals surface area contributed by atoms with Gasteiger partial charge in [-0.05, 0) is 17.7 Å². The van der Waals surface area contributed by atoms with E-state index >= 15 is 0 Å². The first-order valence-electron chi connectivity index (χ1n) is 9.41. The second kappa shape index (κ2) is 9.90. The lowest BCUT2D eigenvalue weighted by molar-refractivity contribution is -0.137. The predicted molar refractivity (Wildman–Crippen MR) is 104 cm³/mol. The normalized spacial score (nSPS) is 15.1. The molecule has 3 rings (SSSR count). The van der Waals surface area contributed by atoms with Crippen molar-refractivity contribution in [1.29, 1.82) is 0 Å². The Bertz CT molecular complexity index is 844. The summed E-state index contributed by atoms with van der Waals surface area (Å²) in [4.78, 5) is 9.86. The third-order valence-corrected chi connectivity index (χ3v) is 4.47. The smallest absolute Gasteiger partial charge is 0.421 e. The Hall–Kier alpha value is -2.66. The van der Waals surface area contributed by atoms with Crippen molar-refractivity contribution in [1.82, 2.24) is 14.9 Å². The molecule has 1 fully saturated rings. The highest BCUT2D eigenvalue weighted by Crippen LogP contribution is 2.34. The SMILES string of the molecule is CNc1nc(Nc2ccc(CN3CCOCC3)cc2OCCF)ncc1C(F)(F)F. The monoisotopic (exact) mass is 429 g/mol. The zero-order chi connectivity index (χ0) is 21.6. The first-order chi connectivity index (χ1) is 14.4. The molecule has 2 heterocycles. The molecule has 1 aromatic heterocycles. The molecule has 2 N–H and O–H groups in total. The number of nitrogens with one attached hydrogen (secondary N) is 2. The molecule has 0 amide bonds. The molecular weight excluding hydrogens is 406 g/mol. The fourth-order valence-electron chi connectivity index (χ4n) is 3.01. The number of halogens is 4. The standard InChI is InChI=1S/C19H23F4N5O2/c1-24-17-14(19(21,22)23)11-25-18(27-17)26-15-3-2-13(10-16(15)30-7-4-20)12-28-5-8-29-9-6-28/h2-3,10-11H,4-9,12H2,1H3,(H2,24,25,26,27). The van der Waals surface area contributed by atoms with Crippen LogP contribution in [0.5, 0.6) is 5.75 Å². The predicted octanol–water partition coefficient (Wildman–Crippen LogP) is 3.46. The van der Waals surface area contributed by atoms with Crippen molar-refractivity contribution in [2.75, 3.05) is 57.3 Å². The van der Waals surface area contributed by atoms with Gasteiger partial charge in [-0.1, -0.05) is 6.07 Å². The number of benzene rings is 1. The Balaban J connectivity index is 1.81. The Morgan fingerprint density at radius 3 is 2.67 bits per heavy atom. The Kier molecular flexibility index (Phi) is 7.27. The molecule has 30 heavy (non-hydrogen) atoms. The lowest BCUT2D eigenvalue weighted by atomic mass is 10.1. The minimum Gasteiger partial charge on any atom is -0.489 e. The average Bonchev–Trinajstić information content (AvgIpc) is 2.73. The number of nitrogens with zero attached hydrogens (tertiary/aromatic N) is 3. The zero-order valence-corrected chi connectivity index (χ0v) is 16.4. The van der Waals surface area contributed by atoms with Gasteiger partial charge < -0.3 is 20.1 Å². The molecule has 11 heteroatoms. The molecule has 0 atom stereocenters. The molecular formula is C19H23F4N5O2. The molecule has 1 aliphatic heterocycles. The number of aromatic nitrogens is 2. The molecule has 2 aromatic rings. The number of morpholine rings is 1. The van der Waals surface area contributed by atoms with E-state index in [0.717, 1.165) is 18.7 Å². The molecule has 1 aromatic carbocycles. The number of hydrogen-bond acceptors (Lipinski definition) is 7. The van der Waals surface area contributed by atoms with E-state index in [1.54, 1.807) is 12.1 Å². The maximum absolute atomic E-state index is 13.0. The molecule has 164 valence electrons. The summed E-state index contributed by atoms with van der Waals surface area (Å²) in [6.45, 7) is 2.82. The summed E-state index contributed by atoms with van der Waals surface area (Å²) in [5, 5.41) is 5.28. The van der Waals surface area contributed by atoms with Crippen LogP contribution < -0.4 is 15.4 Å². The van der Waals surface area contributed by atoms with Crippen molar-refractivity contribution < 1.29 is 27.0 Å². The van der Waals surface area contributed by atoms with Gasteiger partial charge in [0.15, 0.2) is 0 Å². The van der Waals surface area contributed by atoms with E-state index in [9.17, 15) is 17.6 Å². The number of ether oxygens (including phenoxy) is 2. The molecule has 1 aliphatic rings. The Labute approximate surface area is 171 Å². The van der Waals surface area contributed by atoms with Gasteiger partial charge in [0.2, 0.25) is 5.95 Å². The van der Waals surface area contributed by atoms with Gasteiger partial charge in [-0.15, -0.1) is 0 Å². The Morgan fingerprint density at radius 2 is 2.00 bits per heavy atom. The van der Waals surface area contributed by atoms with Crippen molar-refractivity contribution in [3.05, 3.63) is 35.5 Å². The Morgan fingerprint density at radius 1 is 1.23 bits per heavy atom. The van der Waals surface area contributed by atoms with E-state index in [0.29, 0.717) is 37.4 Å². The number of alkyl halides is 4. The second-order valence-electron chi connectivity index (χ2n) is 6.59. The van der Waals surface area contributed by atoms with Gasteiger partial charge in [-0.3, -0.25) is 4.90 Å². The molecule has 0 spiro atoms. The van der Waals surface area contributed by atoms with Crippen molar-refractivity contribution in [2.24, 2.45) is 0 Å². The first kappa shape index (κ1) is 22.0. The van der Waals surface area contributed by atoms with Gasteiger partial charge in [0.1, 0.15) is 30.4 Å². The molecule has 7 nitrogen and oxygen atoms in total. The first-order valence-corrected chi connectivity index (χ1v) is 9.41. The molecule has 0 aliphatic carbocycles. The van der Waals surface area contributed by atoms with Crippen LogP contribution in [-0.4, -0.2) is 61.5 Å². The number of rotatable bonds is 8. The molecule has 1 saturated heterocycles. The van der Waals surface area contributed by atoms with Crippen LogP contribution in [-0.2, 0) is 17.5 Å². The van der Waals surface area contributed by atoms with E-state index in [1.807, 2.05) is 6.07 Å². The van der Waals surface area contributed by atoms with Crippen LogP contribution in [0.25, 0.3) is 0 Å². The minimum atomic E-state index is -4.58. The minimum absolute atomic E-state index is 0.0432. The third-order valence-electron chi connectivity index (χ3n) is 4.47. The van der Waals surface area contributed by atoms with Crippen LogP contribution in [0.2, 0.25) is 0 Å². The summed E-state index contributed by atoms with van der Waals surface area (Å²) in [5.74, 6) is -0.0264. The quantitative estimate of drug-likeness (QED) is 0.623. The maximum Gasteiger partial charge on any atom is 0.421 e. The number of hydrogen-bond donors (Lipinski definition) is 2. The lowest BCUT2D eigenvalue weighted by Gasteiger charge is -2.26. The molecule has 0 unspecified atom stereocenters. The molecule has 0 radical (unpaired) electrons. The summed E-state index contributed by atoms with van der Waals surface area (Å²) >= 11 is 0. The number of anilines is 3. The zero-order valence-electron chi connectivity index (χ0n) is 16.4. The molecule has 0 bridgehead atoms. The maximum atomic E-state index is 13.0. The fourth-order valence-corrected chi connectivity index (χ4v) is 3.01. The fraction of sp³-hybridized carbons (Fsp3) is 0.474. The highest BCUT2D eigenvalue weighted by molar-refractivity contribution is 5.64. The van der Waals surface area contributed by atoms with E-state index < -0.39 is 18.4 Å². The van der Waals surface area contributed by atoms with E-state index in [1.165, 1.54) is 7.05 Å². The highest BCUT2D eigenvalue weighted by atomic mass is 19.4.